The number of halogens is 1. The minimum Gasteiger partial charge on any atom is -0.368 e. The van der Waals surface area contributed by atoms with Gasteiger partial charge in [-0.1, -0.05) is 13.3 Å². The van der Waals surface area contributed by atoms with Gasteiger partial charge in [0.1, 0.15) is 0 Å². The lowest BCUT2D eigenvalue weighted by molar-refractivity contribution is 0.754. The van der Waals surface area contributed by atoms with Gasteiger partial charge in [0.2, 0.25) is 17.2 Å². The van der Waals surface area contributed by atoms with Crippen LogP contribution in [-0.2, 0) is 0 Å². The minimum absolute atomic E-state index is 0.137. The van der Waals surface area contributed by atoms with Crippen molar-refractivity contribution in [2.24, 2.45) is 0 Å². The van der Waals surface area contributed by atoms with E-state index in [1.54, 1.807) is 0 Å². The Morgan fingerprint density at radius 3 is 2.94 bits per heavy atom. The Morgan fingerprint density at radius 2 is 2.24 bits per heavy atom. The van der Waals surface area contributed by atoms with Gasteiger partial charge in [-0.3, -0.25) is 0 Å². The average molecular weight is 274 g/mol. The summed E-state index contributed by atoms with van der Waals surface area (Å²) in [4.78, 5) is 11.8. The Labute approximate surface area is 110 Å². The number of aromatic nitrogens is 3. The summed E-state index contributed by atoms with van der Waals surface area (Å²) in [5.74, 6) is 1.77. The molecule has 0 amide bonds. The summed E-state index contributed by atoms with van der Waals surface area (Å²) in [6.45, 7) is 2.18. The van der Waals surface area contributed by atoms with Crippen LogP contribution < -0.4 is 11.1 Å². The molecule has 2 rings (SSSR count). The summed E-state index contributed by atoms with van der Waals surface area (Å²) in [5, 5.41) is 4.07. The molecule has 2 atom stereocenters. The van der Waals surface area contributed by atoms with Gasteiger partial charge in [0.25, 0.3) is 0 Å². The normalized spacial score (nSPS) is 23.9. The number of thioether (sulfide) groups is 1. The molecule has 1 aliphatic carbocycles. The van der Waals surface area contributed by atoms with Crippen LogP contribution in [-0.4, -0.2) is 32.0 Å². The minimum atomic E-state index is 0.137. The van der Waals surface area contributed by atoms with Crippen LogP contribution in [0.25, 0.3) is 0 Å². The van der Waals surface area contributed by atoms with Crippen LogP contribution in [0.15, 0.2) is 0 Å². The summed E-state index contributed by atoms with van der Waals surface area (Å²) >= 11 is 7.72. The van der Waals surface area contributed by atoms with Crippen molar-refractivity contribution in [1.82, 2.24) is 15.0 Å². The molecule has 1 aromatic heterocycles. The zero-order valence-corrected chi connectivity index (χ0v) is 11.3. The van der Waals surface area contributed by atoms with E-state index in [-0.39, 0.29) is 11.2 Å². The zero-order chi connectivity index (χ0) is 12.3. The molecule has 94 valence electrons. The number of nitrogens with zero attached hydrogens (tertiary/aromatic N) is 3. The van der Waals surface area contributed by atoms with Gasteiger partial charge in [0.15, 0.2) is 0 Å². The number of nitrogens with one attached hydrogen (secondary N) is 1. The molecule has 17 heavy (non-hydrogen) atoms. The molecule has 2 unspecified atom stereocenters. The molecule has 1 fully saturated rings. The molecule has 1 aromatic rings. The van der Waals surface area contributed by atoms with Crippen LogP contribution in [0.1, 0.15) is 26.2 Å². The van der Waals surface area contributed by atoms with Gasteiger partial charge >= 0.3 is 0 Å². The Morgan fingerprint density at radius 1 is 1.41 bits per heavy atom. The number of anilines is 2. The highest BCUT2D eigenvalue weighted by molar-refractivity contribution is 7.99. The highest BCUT2D eigenvalue weighted by Crippen LogP contribution is 2.31. The van der Waals surface area contributed by atoms with Gasteiger partial charge in [-0.05, 0) is 30.2 Å². The van der Waals surface area contributed by atoms with Crippen molar-refractivity contribution in [3.8, 4) is 0 Å². The van der Waals surface area contributed by atoms with E-state index in [0.29, 0.717) is 17.2 Å². The molecule has 0 bridgehead atoms. The summed E-state index contributed by atoms with van der Waals surface area (Å²) in [6.07, 6.45) is 3.62. The molecule has 0 saturated heterocycles. The standard InChI is InChI=1S/C10H16ClN5S/c1-2-17-7-5-3-4-6(7)13-10-15-8(11)14-9(12)16-10/h6-7H,2-5H2,1H3,(H3,12,13,14,15,16). The van der Waals surface area contributed by atoms with Crippen LogP contribution in [0.5, 0.6) is 0 Å². The average Bonchev–Trinajstić information content (AvgIpc) is 2.65. The Bertz CT molecular complexity index is 369. The third-order valence-electron chi connectivity index (χ3n) is 2.77. The lowest BCUT2D eigenvalue weighted by Gasteiger charge is -2.19. The highest BCUT2D eigenvalue weighted by atomic mass is 35.5. The number of nitrogens with two attached hydrogens (primary N) is 1. The lowest BCUT2D eigenvalue weighted by atomic mass is 10.2. The molecule has 7 heteroatoms. The summed E-state index contributed by atoms with van der Waals surface area (Å²) in [6, 6.07) is 0.401. The van der Waals surface area contributed by atoms with Crippen molar-refractivity contribution in [2.75, 3.05) is 16.8 Å². The largest absolute Gasteiger partial charge is 0.368 e. The van der Waals surface area contributed by atoms with E-state index in [4.69, 9.17) is 17.3 Å². The molecule has 1 heterocycles. The molecule has 0 aromatic carbocycles. The fourth-order valence-corrected chi connectivity index (χ4v) is 3.47. The maximum absolute atomic E-state index is 5.75. The summed E-state index contributed by atoms with van der Waals surface area (Å²) in [5.41, 5.74) is 5.54. The topological polar surface area (TPSA) is 76.7 Å². The molecular weight excluding hydrogens is 258 g/mol. The molecule has 0 radical (unpaired) electrons. The zero-order valence-electron chi connectivity index (χ0n) is 9.69. The van der Waals surface area contributed by atoms with Crippen molar-refractivity contribution in [1.29, 1.82) is 0 Å². The van der Waals surface area contributed by atoms with Crippen LogP contribution in [0, 0.1) is 0 Å². The Balaban J connectivity index is 2.04. The summed E-state index contributed by atoms with van der Waals surface area (Å²) in [7, 11) is 0. The second kappa shape index (κ2) is 5.73. The summed E-state index contributed by atoms with van der Waals surface area (Å²) < 4.78 is 0. The highest BCUT2D eigenvalue weighted by Gasteiger charge is 2.27. The van der Waals surface area contributed by atoms with Gasteiger partial charge in [0.05, 0.1) is 0 Å². The molecule has 3 N–H and O–H groups in total. The van der Waals surface area contributed by atoms with Gasteiger partial charge in [-0.15, -0.1) is 0 Å². The van der Waals surface area contributed by atoms with Crippen molar-refractivity contribution >= 4 is 35.3 Å². The first-order chi connectivity index (χ1) is 8.19. The second-order valence-corrected chi connectivity index (χ2v) is 5.82. The van der Waals surface area contributed by atoms with Gasteiger partial charge in [-0.2, -0.15) is 26.7 Å². The number of hydrogen-bond acceptors (Lipinski definition) is 6. The van der Waals surface area contributed by atoms with Crippen molar-refractivity contribution in [2.45, 2.75) is 37.5 Å². The predicted molar refractivity (Wildman–Crippen MR) is 72.4 cm³/mol. The van der Waals surface area contributed by atoms with E-state index in [1.807, 2.05) is 11.8 Å². The van der Waals surface area contributed by atoms with Crippen LogP contribution in [0.3, 0.4) is 0 Å². The first kappa shape index (κ1) is 12.7. The number of nitrogen functional groups attached to an aromatic ring is 1. The van der Waals surface area contributed by atoms with Crippen LogP contribution in [0.2, 0.25) is 5.28 Å². The fourth-order valence-electron chi connectivity index (χ4n) is 2.10. The SMILES string of the molecule is CCSC1CCCC1Nc1nc(N)nc(Cl)n1. The molecule has 1 aliphatic rings. The molecular formula is C10H16ClN5S. The number of hydrogen-bond donors (Lipinski definition) is 2. The van der Waals surface area contributed by atoms with E-state index in [9.17, 15) is 0 Å². The molecule has 5 nitrogen and oxygen atoms in total. The molecule has 0 aliphatic heterocycles. The first-order valence-electron chi connectivity index (χ1n) is 5.74. The van der Waals surface area contributed by atoms with Gasteiger partial charge in [-0.25, -0.2) is 0 Å². The molecule has 1 saturated carbocycles. The van der Waals surface area contributed by atoms with Gasteiger partial charge in [0, 0.05) is 11.3 Å². The quantitative estimate of drug-likeness (QED) is 0.876. The maximum Gasteiger partial charge on any atom is 0.229 e. The van der Waals surface area contributed by atoms with Crippen molar-refractivity contribution in [3.63, 3.8) is 0 Å². The van der Waals surface area contributed by atoms with Crippen LogP contribution in [0.4, 0.5) is 11.9 Å². The predicted octanol–water partition coefficient (Wildman–Crippen LogP) is 2.19. The second-order valence-electron chi connectivity index (χ2n) is 3.96. The maximum atomic E-state index is 5.75. The third kappa shape index (κ3) is 3.35. The molecule has 0 spiro atoms. The van der Waals surface area contributed by atoms with E-state index in [0.717, 1.165) is 12.2 Å². The van der Waals surface area contributed by atoms with Crippen LogP contribution >= 0.6 is 23.4 Å². The van der Waals surface area contributed by atoms with Crippen molar-refractivity contribution < 1.29 is 0 Å². The lowest BCUT2D eigenvalue weighted by Crippen LogP contribution is -2.27. The fraction of sp³-hybridized carbons (Fsp3) is 0.700. The Kier molecular flexibility index (Phi) is 4.28. The van der Waals surface area contributed by atoms with Gasteiger partial charge < -0.3 is 11.1 Å². The Hall–Kier alpha value is -0.750. The first-order valence-corrected chi connectivity index (χ1v) is 7.17. The third-order valence-corrected chi connectivity index (χ3v) is 4.27. The number of rotatable bonds is 4. The van der Waals surface area contributed by atoms with E-state index < -0.39 is 0 Å². The van der Waals surface area contributed by atoms with E-state index in [1.165, 1.54) is 12.8 Å². The monoisotopic (exact) mass is 273 g/mol. The smallest absolute Gasteiger partial charge is 0.229 e. The van der Waals surface area contributed by atoms with Crippen molar-refractivity contribution in [3.05, 3.63) is 5.28 Å². The van der Waals surface area contributed by atoms with E-state index in [2.05, 4.69) is 27.2 Å². The van der Waals surface area contributed by atoms with E-state index >= 15 is 0 Å².